The van der Waals surface area contributed by atoms with Gasteiger partial charge in [0.05, 0.1) is 27.2 Å². The Hall–Kier alpha value is -3.02. The highest BCUT2D eigenvalue weighted by Crippen LogP contribution is 2.25. The lowest BCUT2D eigenvalue weighted by Crippen LogP contribution is -2.35. The van der Waals surface area contributed by atoms with Crippen molar-refractivity contribution in [2.75, 3.05) is 33.1 Å². The molecule has 0 saturated heterocycles. The summed E-state index contributed by atoms with van der Waals surface area (Å²) in [5.41, 5.74) is 2.56. The summed E-state index contributed by atoms with van der Waals surface area (Å²) in [6.07, 6.45) is 0.140. The zero-order valence-electron chi connectivity index (χ0n) is 15.5. The standard InChI is InChI=1S/C20H24N2O4/c1-14-5-8-16(9-6-14)21-19(23)13-22(2)20(24)11-15-7-10-17(25-3)12-18(15)26-4/h5-10,12H,11,13H2,1-4H3,(H,21,23). The fraction of sp³-hybridized carbons (Fsp3) is 0.300. The number of likely N-dealkylation sites (N-methyl/N-ethyl adjacent to an activating group) is 1. The maximum Gasteiger partial charge on any atom is 0.243 e. The maximum absolute atomic E-state index is 12.4. The first-order valence-corrected chi connectivity index (χ1v) is 8.24. The molecule has 6 nitrogen and oxygen atoms in total. The van der Waals surface area contributed by atoms with E-state index in [1.807, 2.05) is 31.2 Å². The van der Waals surface area contributed by atoms with Crippen LogP contribution < -0.4 is 14.8 Å². The summed E-state index contributed by atoms with van der Waals surface area (Å²) in [4.78, 5) is 25.9. The number of nitrogens with zero attached hydrogens (tertiary/aromatic N) is 1. The number of aryl methyl sites for hydroxylation is 1. The van der Waals surface area contributed by atoms with Crippen LogP contribution in [0.15, 0.2) is 42.5 Å². The first kappa shape index (κ1) is 19.3. The Morgan fingerprint density at radius 2 is 1.73 bits per heavy atom. The molecule has 0 atom stereocenters. The van der Waals surface area contributed by atoms with Gasteiger partial charge in [0.15, 0.2) is 0 Å². The van der Waals surface area contributed by atoms with Crippen molar-refractivity contribution in [2.24, 2.45) is 0 Å². The van der Waals surface area contributed by atoms with Crippen molar-refractivity contribution in [1.29, 1.82) is 0 Å². The van der Waals surface area contributed by atoms with Gasteiger partial charge in [-0.1, -0.05) is 23.8 Å². The molecular weight excluding hydrogens is 332 g/mol. The monoisotopic (exact) mass is 356 g/mol. The molecule has 2 rings (SSSR count). The molecule has 0 aliphatic rings. The zero-order valence-corrected chi connectivity index (χ0v) is 15.5. The van der Waals surface area contributed by atoms with Crippen LogP contribution in [0.4, 0.5) is 5.69 Å². The second kappa shape index (κ2) is 8.89. The van der Waals surface area contributed by atoms with Crippen LogP contribution in [-0.4, -0.2) is 44.5 Å². The van der Waals surface area contributed by atoms with Gasteiger partial charge in [-0.3, -0.25) is 9.59 Å². The molecule has 1 N–H and O–H groups in total. The van der Waals surface area contributed by atoms with Crippen LogP contribution in [0.1, 0.15) is 11.1 Å². The Kier molecular flexibility index (Phi) is 6.60. The van der Waals surface area contributed by atoms with Crippen LogP contribution >= 0.6 is 0 Å². The van der Waals surface area contributed by atoms with E-state index in [-0.39, 0.29) is 24.8 Å². The third-order valence-corrected chi connectivity index (χ3v) is 3.98. The van der Waals surface area contributed by atoms with Gasteiger partial charge >= 0.3 is 0 Å². The average molecular weight is 356 g/mol. The lowest BCUT2D eigenvalue weighted by Gasteiger charge is -2.18. The number of amides is 2. The van der Waals surface area contributed by atoms with Crippen LogP contribution in [0.3, 0.4) is 0 Å². The van der Waals surface area contributed by atoms with Gasteiger partial charge in [0.25, 0.3) is 0 Å². The molecule has 2 aromatic carbocycles. The Labute approximate surface area is 153 Å². The molecule has 0 fully saturated rings. The normalized spacial score (nSPS) is 10.2. The number of anilines is 1. The SMILES string of the molecule is COc1ccc(CC(=O)N(C)CC(=O)Nc2ccc(C)cc2)c(OC)c1. The summed E-state index contributed by atoms with van der Waals surface area (Å²) in [6.45, 7) is 1.96. The second-order valence-electron chi connectivity index (χ2n) is 6.02. The number of carbonyl (C=O) groups excluding carboxylic acids is 2. The number of benzene rings is 2. The van der Waals surface area contributed by atoms with E-state index in [0.717, 1.165) is 11.1 Å². The van der Waals surface area contributed by atoms with E-state index >= 15 is 0 Å². The number of nitrogens with one attached hydrogen (secondary N) is 1. The van der Waals surface area contributed by atoms with E-state index < -0.39 is 0 Å². The largest absolute Gasteiger partial charge is 0.497 e. The van der Waals surface area contributed by atoms with Crippen LogP contribution in [0.5, 0.6) is 11.5 Å². The van der Waals surface area contributed by atoms with Gasteiger partial charge in [-0.05, 0) is 25.1 Å². The number of methoxy groups -OCH3 is 2. The quantitative estimate of drug-likeness (QED) is 0.828. The number of rotatable bonds is 7. The van der Waals surface area contributed by atoms with E-state index in [4.69, 9.17) is 9.47 Å². The third-order valence-electron chi connectivity index (χ3n) is 3.98. The van der Waals surface area contributed by atoms with Crippen molar-refractivity contribution >= 4 is 17.5 Å². The predicted molar refractivity (Wildman–Crippen MR) is 101 cm³/mol. The van der Waals surface area contributed by atoms with Crippen LogP contribution in [-0.2, 0) is 16.0 Å². The van der Waals surface area contributed by atoms with Gasteiger partial charge < -0.3 is 19.7 Å². The molecule has 0 aliphatic carbocycles. The summed E-state index contributed by atoms with van der Waals surface area (Å²) < 4.78 is 10.5. The Bertz CT molecular complexity index is 772. The molecule has 138 valence electrons. The fourth-order valence-electron chi connectivity index (χ4n) is 2.44. The van der Waals surface area contributed by atoms with Gasteiger partial charge in [0, 0.05) is 24.4 Å². The van der Waals surface area contributed by atoms with Crippen molar-refractivity contribution < 1.29 is 19.1 Å². The van der Waals surface area contributed by atoms with E-state index in [2.05, 4.69) is 5.32 Å². The number of carbonyl (C=O) groups is 2. The minimum absolute atomic E-state index is 0.0226. The summed E-state index contributed by atoms with van der Waals surface area (Å²) in [5, 5.41) is 2.78. The van der Waals surface area contributed by atoms with Gasteiger partial charge in [-0.25, -0.2) is 0 Å². The Morgan fingerprint density at radius 3 is 2.35 bits per heavy atom. The topological polar surface area (TPSA) is 67.9 Å². The van der Waals surface area contributed by atoms with Gasteiger partial charge in [-0.2, -0.15) is 0 Å². The van der Waals surface area contributed by atoms with Crippen molar-refractivity contribution in [3.05, 3.63) is 53.6 Å². The van der Waals surface area contributed by atoms with Crippen LogP contribution in [0, 0.1) is 6.92 Å². The second-order valence-corrected chi connectivity index (χ2v) is 6.02. The lowest BCUT2D eigenvalue weighted by molar-refractivity contribution is -0.132. The van der Waals surface area contributed by atoms with Crippen LogP contribution in [0.2, 0.25) is 0 Å². The molecule has 0 radical (unpaired) electrons. The zero-order chi connectivity index (χ0) is 19.1. The molecule has 2 amide bonds. The molecule has 0 heterocycles. The van der Waals surface area contributed by atoms with E-state index in [1.165, 1.54) is 4.90 Å². The molecule has 0 aliphatic heterocycles. The highest BCUT2D eigenvalue weighted by atomic mass is 16.5. The first-order chi connectivity index (χ1) is 12.4. The lowest BCUT2D eigenvalue weighted by atomic mass is 10.1. The predicted octanol–water partition coefficient (Wildman–Crippen LogP) is 2.65. The molecular formula is C20H24N2O4. The highest BCUT2D eigenvalue weighted by molar-refractivity contribution is 5.94. The minimum Gasteiger partial charge on any atom is -0.497 e. The molecule has 0 bridgehead atoms. The molecule has 6 heteroatoms. The summed E-state index contributed by atoms with van der Waals surface area (Å²) >= 11 is 0. The number of hydrogen-bond acceptors (Lipinski definition) is 4. The summed E-state index contributed by atoms with van der Waals surface area (Å²) in [5.74, 6) is 0.818. The minimum atomic E-state index is -0.244. The molecule has 0 unspecified atom stereocenters. The van der Waals surface area contributed by atoms with Gasteiger partial charge in [0.1, 0.15) is 11.5 Å². The molecule has 0 aromatic heterocycles. The van der Waals surface area contributed by atoms with Gasteiger partial charge in [-0.15, -0.1) is 0 Å². The van der Waals surface area contributed by atoms with Crippen molar-refractivity contribution in [3.63, 3.8) is 0 Å². The summed E-state index contributed by atoms with van der Waals surface area (Å²) in [6, 6.07) is 12.8. The van der Waals surface area contributed by atoms with Gasteiger partial charge in [0.2, 0.25) is 11.8 Å². The van der Waals surface area contributed by atoms with Crippen LogP contribution in [0.25, 0.3) is 0 Å². The van der Waals surface area contributed by atoms with E-state index in [9.17, 15) is 9.59 Å². The Balaban J connectivity index is 1.94. The third kappa shape index (κ3) is 5.24. The molecule has 0 spiro atoms. The molecule has 0 saturated carbocycles. The number of ether oxygens (including phenoxy) is 2. The van der Waals surface area contributed by atoms with Crippen molar-refractivity contribution in [3.8, 4) is 11.5 Å². The smallest absolute Gasteiger partial charge is 0.243 e. The molecule has 26 heavy (non-hydrogen) atoms. The van der Waals surface area contributed by atoms with Crippen molar-refractivity contribution in [1.82, 2.24) is 4.90 Å². The van der Waals surface area contributed by atoms with E-state index in [0.29, 0.717) is 17.2 Å². The van der Waals surface area contributed by atoms with E-state index in [1.54, 1.807) is 39.5 Å². The number of hydrogen-bond donors (Lipinski definition) is 1. The highest BCUT2D eigenvalue weighted by Gasteiger charge is 2.16. The molecule has 2 aromatic rings. The fourth-order valence-corrected chi connectivity index (χ4v) is 2.44. The van der Waals surface area contributed by atoms with Crippen molar-refractivity contribution in [2.45, 2.75) is 13.3 Å². The summed E-state index contributed by atoms with van der Waals surface area (Å²) in [7, 11) is 4.72. The maximum atomic E-state index is 12.4. The Morgan fingerprint density at radius 1 is 1.04 bits per heavy atom. The average Bonchev–Trinajstić information content (AvgIpc) is 2.63. The first-order valence-electron chi connectivity index (χ1n) is 8.24.